The van der Waals surface area contributed by atoms with Gasteiger partial charge in [0.1, 0.15) is 0 Å². The molecule has 1 aliphatic rings. The van der Waals surface area contributed by atoms with Gasteiger partial charge in [-0.05, 0) is 18.9 Å². The summed E-state index contributed by atoms with van der Waals surface area (Å²) in [5, 5.41) is 10.6. The third-order valence-electron chi connectivity index (χ3n) is 3.51. The first-order chi connectivity index (χ1) is 10.0. The molecule has 1 fully saturated rings. The van der Waals surface area contributed by atoms with E-state index in [-0.39, 0.29) is 23.8 Å². The minimum absolute atomic E-state index is 0.0351. The number of carbonyl (C=O) groups excluding carboxylic acids is 1. The lowest BCUT2D eigenvalue weighted by molar-refractivity contribution is -0.385. The van der Waals surface area contributed by atoms with Gasteiger partial charge in [-0.15, -0.1) is 0 Å². The number of non-ortho nitro benzene ring substituents is 1. The molecule has 1 aromatic rings. The Morgan fingerprint density at radius 2 is 2.14 bits per heavy atom. The van der Waals surface area contributed by atoms with Crippen molar-refractivity contribution in [1.82, 2.24) is 4.90 Å². The minimum atomic E-state index is -0.666. The van der Waals surface area contributed by atoms with Gasteiger partial charge in [0.15, 0.2) is 5.82 Å². The van der Waals surface area contributed by atoms with Crippen molar-refractivity contribution in [2.45, 2.75) is 19.8 Å². The number of benzene rings is 1. The molecule has 0 spiro atoms. The first-order valence-electron chi connectivity index (χ1n) is 6.99. The zero-order valence-electron chi connectivity index (χ0n) is 11.9. The molecule has 0 saturated carbocycles. The Kier molecular flexibility index (Phi) is 4.72. The Labute approximate surface area is 122 Å². The summed E-state index contributed by atoms with van der Waals surface area (Å²) in [7, 11) is 0. The number of anilines is 1. The van der Waals surface area contributed by atoms with Gasteiger partial charge in [-0.25, -0.2) is 4.39 Å². The largest absolute Gasteiger partial charge is 0.360 e. The van der Waals surface area contributed by atoms with Crippen molar-refractivity contribution in [3.05, 3.63) is 34.1 Å². The number of rotatable bonds is 4. The zero-order chi connectivity index (χ0) is 15.4. The summed E-state index contributed by atoms with van der Waals surface area (Å²) in [6, 6.07) is 3.53. The van der Waals surface area contributed by atoms with Gasteiger partial charge in [-0.1, -0.05) is 6.92 Å². The van der Waals surface area contributed by atoms with Gasteiger partial charge in [0.25, 0.3) is 5.69 Å². The van der Waals surface area contributed by atoms with E-state index in [1.54, 1.807) is 9.80 Å². The molecule has 1 heterocycles. The Balaban J connectivity index is 2.18. The molecule has 0 N–H and O–H groups in total. The van der Waals surface area contributed by atoms with E-state index in [2.05, 4.69) is 0 Å². The third-order valence-corrected chi connectivity index (χ3v) is 3.51. The summed E-state index contributed by atoms with van der Waals surface area (Å²) in [5.41, 5.74) is -0.0442. The van der Waals surface area contributed by atoms with Gasteiger partial charge in [0, 0.05) is 25.7 Å². The molecule has 0 atom stereocenters. The van der Waals surface area contributed by atoms with Crippen molar-refractivity contribution >= 4 is 17.3 Å². The number of halogens is 1. The van der Waals surface area contributed by atoms with Crippen LogP contribution in [0.15, 0.2) is 18.2 Å². The normalized spacial score (nSPS) is 16.0. The number of nitro groups is 1. The summed E-state index contributed by atoms with van der Waals surface area (Å²) in [4.78, 5) is 25.6. The molecular formula is C14H18FN3O3. The van der Waals surface area contributed by atoms with Crippen LogP contribution in [0.3, 0.4) is 0 Å². The van der Waals surface area contributed by atoms with Crippen LogP contribution in [-0.2, 0) is 4.79 Å². The Bertz CT molecular complexity index is 550. The lowest BCUT2D eigenvalue weighted by Gasteiger charge is -2.23. The fraction of sp³-hybridized carbons (Fsp3) is 0.500. The molecule has 0 aromatic heterocycles. The second-order valence-corrected chi connectivity index (χ2v) is 5.05. The van der Waals surface area contributed by atoms with Crippen molar-refractivity contribution in [2.75, 3.05) is 31.1 Å². The molecule has 1 saturated heterocycles. The number of amides is 1. The van der Waals surface area contributed by atoms with Crippen molar-refractivity contribution in [3.63, 3.8) is 0 Å². The van der Waals surface area contributed by atoms with Crippen molar-refractivity contribution < 1.29 is 14.1 Å². The molecule has 0 aliphatic carbocycles. The molecule has 1 aromatic carbocycles. The summed E-state index contributed by atoms with van der Waals surface area (Å²) in [5.74, 6) is -0.701. The van der Waals surface area contributed by atoms with E-state index < -0.39 is 10.7 Å². The maximum absolute atomic E-state index is 14.0. The summed E-state index contributed by atoms with van der Waals surface area (Å²) < 4.78 is 14.0. The average Bonchev–Trinajstić information content (AvgIpc) is 2.61. The molecular weight excluding hydrogens is 277 g/mol. The van der Waals surface area contributed by atoms with Gasteiger partial charge in [-0.3, -0.25) is 14.9 Å². The Hall–Kier alpha value is -2.18. The van der Waals surface area contributed by atoms with Gasteiger partial charge in [0.2, 0.25) is 5.91 Å². The van der Waals surface area contributed by atoms with E-state index in [1.165, 1.54) is 12.1 Å². The van der Waals surface area contributed by atoms with Gasteiger partial charge in [-0.2, -0.15) is 0 Å². The molecule has 6 nitrogen and oxygen atoms in total. The number of nitrogens with zero attached hydrogens (tertiary/aromatic N) is 3. The average molecular weight is 295 g/mol. The SMILES string of the molecule is CCCN1CCCN(c2ccc([N+](=O)[O-])cc2F)CC1=O. The molecule has 0 bridgehead atoms. The van der Waals surface area contributed by atoms with Crippen LogP contribution in [0.25, 0.3) is 0 Å². The molecule has 0 unspecified atom stereocenters. The molecule has 0 radical (unpaired) electrons. The lowest BCUT2D eigenvalue weighted by atomic mass is 10.2. The second-order valence-electron chi connectivity index (χ2n) is 5.05. The fourth-order valence-electron chi connectivity index (χ4n) is 2.50. The van der Waals surface area contributed by atoms with Crippen LogP contribution >= 0.6 is 0 Å². The molecule has 1 amide bonds. The second kappa shape index (κ2) is 6.51. The maximum Gasteiger partial charge on any atom is 0.272 e. The van der Waals surface area contributed by atoms with E-state index in [0.29, 0.717) is 19.6 Å². The molecule has 7 heteroatoms. The van der Waals surface area contributed by atoms with Crippen molar-refractivity contribution in [3.8, 4) is 0 Å². The van der Waals surface area contributed by atoms with Crippen LogP contribution in [0.2, 0.25) is 0 Å². The van der Waals surface area contributed by atoms with E-state index in [1.807, 2.05) is 6.92 Å². The van der Waals surface area contributed by atoms with Crippen LogP contribution in [0.1, 0.15) is 19.8 Å². The first kappa shape index (κ1) is 15.2. The van der Waals surface area contributed by atoms with E-state index in [9.17, 15) is 19.3 Å². The molecule has 1 aliphatic heterocycles. The topological polar surface area (TPSA) is 66.7 Å². The highest BCUT2D eigenvalue weighted by Gasteiger charge is 2.23. The van der Waals surface area contributed by atoms with Gasteiger partial charge < -0.3 is 9.80 Å². The predicted molar refractivity (Wildman–Crippen MR) is 76.8 cm³/mol. The number of carbonyl (C=O) groups is 1. The number of nitro benzene ring substituents is 1. The van der Waals surface area contributed by atoms with Crippen molar-refractivity contribution in [1.29, 1.82) is 0 Å². The third kappa shape index (κ3) is 3.48. The first-order valence-corrected chi connectivity index (χ1v) is 6.99. The Morgan fingerprint density at radius 3 is 2.76 bits per heavy atom. The van der Waals surface area contributed by atoms with E-state index in [4.69, 9.17) is 0 Å². The monoisotopic (exact) mass is 295 g/mol. The molecule has 114 valence electrons. The standard InChI is InChI=1S/C14H18FN3O3/c1-2-6-16-7-3-8-17(10-14(16)19)13-5-4-11(18(20)21)9-12(13)15/h4-5,9H,2-3,6-8,10H2,1H3. The Morgan fingerprint density at radius 1 is 1.38 bits per heavy atom. The lowest BCUT2D eigenvalue weighted by Crippen LogP contribution is -2.37. The highest BCUT2D eigenvalue weighted by molar-refractivity contribution is 5.82. The summed E-state index contributed by atoms with van der Waals surface area (Å²) >= 11 is 0. The van der Waals surface area contributed by atoms with E-state index in [0.717, 1.165) is 18.9 Å². The van der Waals surface area contributed by atoms with Gasteiger partial charge in [0.05, 0.1) is 23.2 Å². The quantitative estimate of drug-likeness (QED) is 0.631. The zero-order valence-corrected chi connectivity index (χ0v) is 11.9. The summed E-state index contributed by atoms with van der Waals surface area (Å²) in [6.45, 7) is 4.04. The minimum Gasteiger partial charge on any atom is -0.360 e. The van der Waals surface area contributed by atoms with Crippen LogP contribution in [-0.4, -0.2) is 41.9 Å². The number of hydrogen-bond donors (Lipinski definition) is 0. The summed E-state index contributed by atoms with van der Waals surface area (Å²) in [6.07, 6.45) is 1.64. The number of hydrogen-bond acceptors (Lipinski definition) is 4. The fourth-order valence-corrected chi connectivity index (χ4v) is 2.50. The van der Waals surface area contributed by atoms with Crippen LogP contribution in [0.4, 0.5) is 15.8 Å². The molecule has 21 heavy (non-hydrogen) atoms. The predicted octanol–water partition coefficient (Wildman–Crippen LogP) is 2.18. The van der Waals surface area contributed by atoms with Crippen LogP contribution < -0.4 is 4.90 Å². The maximum atomic E-state index is 14.0. The van der Waals surface area contributed by atoms with E-state index >= 15 is 0 Å². The van der Waals surface area contributed by atoms with Gasteiger partial charge >= 0.3 is 0 Å². The highest BCUT2D eigenvalue weighted by atomic mass is 19.1. The molecule has 2 rings (SSSR count). The highest BCUT2D eigenvalue weighted by Crippen LogP contribution is 2.25. The van der Waals surface area contributed by atoms with Crippen LogP contribution in [0.5, 0.6) is 0 Å². The van der Waals surface area contributed by atoms with Crippen LogP contribution in [0, 0.1) is 15.9 Å². The smallest absolute Gasteiger partial charge is 0.272 e. The van der Waals surface area contributed by atoms with Crippen molar-refractivity contribution in [2.24, 2.45) is 0 Å².